The molecule has 0 radical (unpaired) electrons. The third kappa shape index (κ3) is 4.07. The maximum atomic E-state index is 13.5. The van der Waals surface area contributed by atoms with Crippen LogP contribution in [0.2, 0.25) is 0 Å². The molecule has 5 rings (SSSR count). The first kappa shape index (κ1) is 19.8. The summed E-state index contributed by atoms with van der Waals surface area (Å²) in [5, 5.41) is 8.00. The summed E-state index contributed by atoms with van der Waals surface area (Å²) in [5.74, 6) is -0.0641. The number of rotatable bonds is 6. The summed E-state index contributed by atoms with van der Waals surface area (Å²) in [4.78, 5) is 39.6. The number of halogens is 1. The first-order valence-corrected chi connectivity index (χ1v) is 11.1. The molecule has 0 bridgehead atoms. The van der Waals surface area contributed by atoms with Crippen LogP contribution in [0.4, 0.5) is 10.3 Å². The van der Waals surface area contributed by atoms with Crippen molar-refractivity contribution in [3.8, 4) is 0 Å². The standard InChI is InChI=1S/C21H21FN6O2S/c1-11(13-6-14(22)8-23-7-13)24-21-26-16-4-5-31-18(16)17(27-21)20(30)28-9-15(10-28)25-19(29)12-2-3-12/h4-8,11-12,15H,2-3,9-10H2,1H3,(H,25,29)(H,24,26,27). The van der Waals surface area contributed by atoms with E-state index in [-0.39, 0.29) is 29.8 Å². The van der Waals surface area contributed by atoms with Crippen LogP contribution >= 0.6 is 11.3 Å². The molecule has 1 atom stereocenters. The molecule has 3 aromatic rings. The monoisotopic (exact) mass is 440 g/mol. The molecule has 1 saturated carbocycles. The molecule has 1 unspecified atom stereocenters. The van der Waals surface area contributed by atoms with Gasteiger partial charge in [0.25, 0.3) is 5.91 Å². The van der Waals surface area contributed by atoms with Gasteiger partial charge in [0, 0.05) is 25.2 Å². The lowest BCUT2D eigenvalue weighted by molar-refractivity contribution is -0.123. The van der Waals surface area contributed by atoms with Gasteiger partial charge in [-0.25, -0.2) is 14.4 Å². The van der Waals surface area contributed by atoms with Crippen LogP contribution in [0, 0.1) is 11.7 Å². The van der Waals surface area contributed by atoms with Crippen molar-refractivity contribution >= 4 is 39.3 Å². The lowest BCUT2D eigenvalue weighted by Gasteiger charge is -2.39. The van der Waals surface area contributed by atoms with Crippen LogP contribution in [0.15, 0.2) is 29.9 Å². The molecule has 0 aromatic carbocycles. The summed E-state index contributed by atoms with van der Waals surface area (Å²) in [5.41, 5.74) is 1.66. The molecular weight excluding hydrogens is 419 g/mol. The fraction of sp³-hybridized carbons (Fsp3) is 0.381. The summed E-state index contributed by atoms with van der Waals surface area (Å²) >= 11 is 1.41. The molecule has 8 nitrogen and oxygen atoms in total. The molecule has 0 spiro atoms. The molecule has 3 aromatic heterocycles. The van der Waals surface area contributed by atoms with Gasteiger partial charge in [-0.3, -0.25) is 14.6 Å². The van der Waals surface area contributed by atoms with E-state index in [4.69, 9.17) is 0 Å². The van der Waals surface area contributed by atoms with E-state index < -0.39 is 5.82 Å². The molecule has 2 fully saturated rings. The van der Waals surface area contributed by atoms with Crippen molar-refractivity contribution in [1.82, 2.24) is 25.2 Å². The number of aromatic nitrogens is 3. The zero-order chi connectivity index (χ0) is 21.5. The van der Waals surface area contributed by atoms with Crippen LogP contribution < -0.4 is 10.6 Å². The quantitative estimate of drug-likeness (QED) is 0.611. The van der Waals surface area contributed by atoms with Gasteiger partial charge in [-0.05, 0) is 42.8 Å². The number of amides is 2. The molecule has 31 heavy (non-hydrogen) atoms. The second-order valence-electron chi connectivity index (χ2n) is 8.02. The van der Waals surface area contributed by atoms with Crippen LogP contribution in [0.25, 0.3) is 10.2 Å². The molecule has 2 amide bonds. The molecule has 4 heterocycles. The minimum absolute atomic E-state index is 0.00388. The number of pyridine rings is 1. The van der Waals surface area contributed by atoms with Crippen molar-refractivity contribution in [2.24, 2.45) is 5.92 Å². The number of nitrogens with zero attached hydrogens (tertiary/aromatic N) is 4. The summed E-state index contributed by atoms with van der Waals surface area (Å²) < 4.78 is 14.2. The number of fused-ring (bicyclic) bond motifs is 1. The van der Waals surface area contributed by atoms with E-state index in [0.29, 0.717) is 35.8 Å². The Balaban J connectivity index is 1.32. The Morgan fingerprint density at radius 1 is 1.26 bits per heavy atom. The molecule has 1 aliphatic carbocycles. The number of carbonyl (C=O) groups is 2. The molecule has 1 saturated heterocycles. The molecule has 10 heteroatoms. The Morgan fingerprint density at radius 3 is 2.81 bits per heavy atom. The number of likely N-dealkylation sites (tertiary alicyclic amines) is 1. The highest BCUT2D eigenvalue weighted by molar-refractivity contribution is 7.17. The Bertz CT molecular complexity index is 1160. The van der Waals surface area contributed by atoms with Crippen LogP contribution in [-0.4, -0.2) is 50.8 Å². The maximum Gasteiger partial charge on any atom is 0.274 e. The number of nitrogens with one attached hydrogen (secondary N) is 2. The number of carbonyl (C=O) groups excluding carboxylic acids is 2. The molecule has 160 valence electrons. The minimum atomic E-state index is -0.419. The normalized spacial score (nSPS) is 17.3. The Labute approximate surface area is 181 Å². The second kappa shape index (κ2) is 7.84. The predicted octanol–water partition coefficient (Wildman–Crippen LogP) is 2.75. The van der Waals surface area contributed by atoms with Crippen molar-refractivity contribution < 1.29 is 14.0 Å². The molecule has 2 N–H and O–H groups in total. The summed E-state index contributed by atoms with van der Waals surface area (Å²) in [7, 11) is 0. The fourth-order valence-electron chi connectivity index (χ4n) is 3.57. The van der Waals surface area contributed by atoms with E-state index in [0.717, 1.165) is 23.7 Å². The molecule has 1 aliphatic heterocycles. The van der Waals surface area contributed by atoms with Gasteiger partial charge in [-0.15, -0.1) is 11.3 Å². The largest absolute Gasteiger partial charge is 0.350 e. The maximum absolute atomic E-state index is 13.5. The van der Waals surface area contributed by atoms with Crippen molar-refractivity contribution in [3.05, 3.63) is 47.0 Å². The highest BCUT2D eigenvalue weighted by atomic mass is 32.1. The number of anilines is 1. The lowest BCUT2D eigenvalue weighted by atomic mass is 10.1. The first-order valence-electron chi connectivity index (χ1n) is 10.2. The zero-order valence-corrected chi connectivity index (χ0v) is 17.7. The third-order valence-corrected chi connectivity index (χ3v) is 6.45. The van der Waals surface area contributed by atoms with Crippen molar-refractivity contribution in [2.45, 2.75) is 31.8 Å². The Hall–Kier alpha value is -3.14. The lowest BCUT2D eigenvalue weighted by Crippen LogP contribution is -2.61. The van der Waals surface area contributed by atoms with Gasteiger partial charge in [0.2, 0.25) is 11.9 Å². The topological polar surface area (TPSA) is 100 Å². The zero-order valence-electron chi connectivity index (χ0n) is 16.8. The fourth-order valence-corrected chi connectivity index (χ4v) is 4.38. The predicted molar refractivity (Wildman–Crippen MR) is 114 cm³/mol. The van der Waals surface area contributed by atoms with Crippen molar-refractivity contribution in [1.29, 1.82) is 0 Å². The smallest absolute Gasteiger partial charge is 0.274 e. The van der Waals surface area contributed by atoms with Gasteiger partial charge in [0.15, 0.2) is 5.69 Å². The molecular formula is C21H21FN6O2S. The minimum Gasteiger partial charge on any atom is -0.350 e. The van der Waals surface area contributed by atoms with Gasteiger partial charge >= 0.3 is 0 Å². The number of hydrogen-bond donors (Lipinski definition) is 2. The summed E-state index contributed by atoms with van der Waals surface area (Å²) in [6.07, 6.45) is 4.64. The van der Waals surface area contributed by atoms with Gasteiger partial charge in [0.1, 0.15) is 5.82 Å². The highest BCUT2D eigenvalue weighted by Crippen LogP contribution is 2.30. The van der Waals surface area contributed by atoms with E-state index in [1.165, 1.54) is 17.4 Å². The number of thiophene rings is 1. The second-order valence-corrected chi connectivity index (χ2v) is 8.94. The van der Waals surface area contributed by atoms with Crippen LogP contribution in [0.5, 0.6) is 0 Å². The Kier molecular flexibility index (Phi) is 5.01. The first-order chi connectivity index (χ1) is 15.0. The average molecular weight is 441 g/mol. The summed E-state index contributed by atoms with van der Waals surface area (Å²) in [6.45, 7) is 2.80. The van der Waals surface area contributed by atoms with Gasteiger partial charge in [-0.1, -0.05) is 0 Å². The van der Waals surface area contributed by atoms with E-state index in [2.05, 4.69) is 25.6 Å². The van der Waals surface area contributed by atoms with E-state index >= 15 is 0 Å². The van der Waals surface area contributed by atoms with Crippen molar-refractivity contribution in [3.63, 3.8) is 0 Å². The summed E-state index contributed by atoms with van der Waals surface area (Å²) in [6, 6.07) is 2.94. The van der Waals surface area contributed by atoms with Crippen LogP contribution in [-0.2, 0) is 4.79 Å². The van der Waals surface area contributed by atoms with Crippen LogP contribution in [0.3, 0.4) is 0 Å². The van der Waals surface area contributed by atoms with Gasteiger partial charge < -0.3 is 15.5 Å². The SMILES string of the molecule is CC(Nc1nc(C(=O)N2CC(NC(=O)C3CC3)C2)c2sccc2n1)c1cncc(F)c1. The third-order valence-electron chi connectivity index (χ3n) is 5.54. The number of hydrogen-bond acceptors (Lipinski definition) is 7. The van der Waals surface area contributed by atoms with Gasteiger partial charge in [-0.2, -0.15) is 0 Å². The van der Waals surface area contributed by atoms with Crippen molar-refractivity contribution in [2.75, 3.05) is 18.4 Å². The van der Waals surface area contributed by atoms with Crippen LogP contribution in [0.1, 0.15) is 41.9 Å². The van der Waals surface area contributed by atoms with E-state index in [1.807, 2.05) is 18.4 Å². The Morgan fingerprint density at radius 2 is 2.06 bits per heavy atom. The highest BCUT2D eigenvalue weighted by Gasteiger charge is 2.37. The molecule has 2 aliphatic rings. The van der Waals surface area contributed by atoms with E-state index in [9.17, 15) is 14.0 Å². The average Bonchev–Trinajstić information content (AvgIpc) is 3.47. The van der Waals surface area contributed by atoms with E-state index in [1.54, 1.807) is 11.1 Å². The van der Waals surface area contributed by atoms with Gasteiger partial charge in [0.05, 0.1) is 28.5 Å².